The molecule has 0 atom stereocenters. The van der Waals surface area contributed by atoms with Crippen molar-refractivity contribution in [1.82, 2.24) is 9.97 Å². The van der Waals surface area contributed by atoms with Crippen LogP contribution >= 0.6 is 0 Å². The van der Waals surface area contributed by atoms with Gasteiger partial charge < -0.3 is 29.6 Å². The number of rotatable bonds is 9. The molecule has 8 heteroatoms. The molecule has 0 aliphatic heterocycles. The standard InChI is InChI=1S/C21H24N4O4/c1-26-16-7-5-14(11-18(16)28-3)13-23-21-22-10-9-20(25-21)24-15-6-8-17(27-2)19(12-15)29-4/h5-12H,13H2,1-4H3,(H2,22,23,24,25). The van der Waals surface area contributed by atoms with Crippen molar-refractivity contribution in [3.63, 3.8) is 0 Å². The quantitative estimate of drug-likeness (QED) is 0.564. The van der Waals surface area contributed by atoms with Crippen LogP contribution in [0.4, 0.5) is 17.5 Å². The van der Waals surface area contributed by atoms with Crippen LogP contribution in [0.5, 0.6) is 23.0 Å². The Morgan fingerprint density at radius 1 is 0.759 bits per heavy atom. The van der Waals surface area contributed by atoms with E-state index in [1.54, 1.807) is 40.7 Å². The molecule has 0 aliphatic rings. The lowest BCUT2D eigenvalue weighted by Gasteiger charge is -2.12. The van der Waals surface area contributed by atoms with Crippen LogP contribution in [-0.4, -0.2) is 38.4 Å². The highest BCUT2D eigenvalue weighted by Gasteiger charge is 2.07. The highest BCUT2D eigenvalue weighted by Crippen LogP contribution is 2.31. The van der Waals surface area contributed by atoms with Gasteiger partial charge in [-0.1, -0.05) is 6.07 Å². The molecule has 0 spiro atoms. The van der Waals surface area contributed by atoms with Crippen molar-refractivity contribution < 1.29 is 18.9 Å². The zero-order valence-corrected chi connectivity index (χ0v) is 16.9. The van der Waals surface area contributed by atoms with Crippen molar-refractivity contribution in [2.24, 2.45) is 0 Å². The van der Waals surface area contributed by atoms with Crippen molar-refractivity contribution >= 4 is 17.5 Å². The molecule has 1 aromatic heterocycles. The molecular formula is C21H24N4O4. The summed E-state index contributed by atoms with van der Waals surface area (Å²) in [5.41, 5.74) is 1.84. The lowest BCUT2D eigenvalue weighted by Crippen LogP contribution is -2.05. The summed E-state index contributed by atoms with van der Waals surface area (Å²) in [6, 6.07) is 13.1. The Hall–Kier alpha value is -3.68. The monoisotopic (exact) mass is 396 g/mol. The molecule has 0 fully saturated rings. The van der Waals surface area contributed by atoms with Gasteiger partial charge in [-0.3, -0.25) is 0 Å². The van der Waals surface area contributed by atoms with Crippen LogP contribution in [-0.2, 0) is 6.54 Å². The third kappa shape index (κ3) is 4.98. The van der Waals surface area contributed by atoms with E-state index in [1.165, 1.54) is 0 Å². The van der Waals surface area contributed by atoms with Gasteiger partial charge in [0, 0.05) is 24.5 Å². The molecule has 2 aromatic carbocycles. The molecule has 8 nitrogen and oxygen atoms in total. The second-order valence-corrected chi connectivity index (χ2v) is 6.00. The summed E-state index contributed by atoms with van der Waals surface area (Å²) >= 11 is 0. The molecule has 3 aromatic rings. The maximum Gasteiger partial charge on any atom is 0.224 e. The minimum atomic E-state index is 0.505. The van der Waals surface area contributed by atoms with E-state index in [2.05, 4.69) is 20.6 Å². The Balaban J connectivity index is 1.68. The first-order valence-electron chi connectivity index (χ1n) is 8.93. The van der Waals surface area contributed by atoms with Crippen molar-refractivity contribution in [2.75, 3.05) is 39.1 Å². The van der Waals surface area contributed by atoms with Gasteiger partial charge in [-0.25, -0.2) is 4.98 Å². The van der Waals surface area contributed by atoms with Crippen LogP contribution in [0.15, 0.2) is 48.7 Å². The maximum absolute atomic E-state index is 5.34. The van der Waals surface area contributed by atoms with E-state index in [1.807, 2.05) is 36.4 Å². The number of ether oxygens (including phenoxy) is 4. The lowest BCUT2D eigenvalue weighted by atomic mass is 10.2. The van der Waals surface area contributed by atoms with Crippen LogP contribution in [0.2, 0.25) is 0 Å². The topological polar surface area (TPSA) is 86.8 Å². The first-order valence-corrected chi connectivity index (χ1v) is 8.93. The zero-order chi connectivity index (χ0) is 20.6. The number of nitrogens with one attached hydrogen (secondary N) is 2. The Kier molecular flexibility index (Phi) is 6.57. The highest BCUT2D eigenvalue weighted by molar-refractivity contribution is 5.61. The van der Waals surface area contributed by atoms with Gasteiger partial charge in [0.25, 0.3) is 0 Å². The zero-order valence-electron chi connectivity index (χ0n) is 16.9. The number of methoxy groups -OCH3 is 4. The molecule has 0 saturated heterocycles. The van der Waals surface area contributed by atoms with Gasteiger partial charge in [0.2, 0.25) is 5.95 Å². The molecule has 0 bridgehead atoms. The summed E-state index contributed by atoms with van der Waals surface area (Å²) in [7, 11) is 6.43. The molecule has 0 aliphatic carbocycles. The Labute approximate surface area is 169 Å². The smallest absolute Gasteiger partial charge is 0.224 e. The highest BCUT2D eigenvalue weighted by atomic mass is 16.5. The van der Waals surface area contributed by atoms with E-state index >= 15 is 0 Å². The molecule has 29 heavy (non-hydrogen) atoms. The predicted molar refractivity (Wildman–Crippen MR) is 112 cm³/mol. The predicted octanol–water partition coefficient (Wildman–Crippen LogP) is 3.87. The van der Waals surface area contributed by atoms with Crippen molar-refractivity contribution in [3.8, 4) is 23.0 Å². The van der Waals surface area contributed by atoms with Gasteiger partial charge in [-0.15, -0.1) is 0 Å². The summed E-state index contributed by atoms with van der Waals surface area (Å²) in [6.45, 7) is 0.542. The molecule has 0 radical (unpaired) electrons. The van der Waals surface area contributed by atoms with Crippen molar-refractivity contribution in [2.45, 2.75) is 6.54 Å². The van der Waals surface area contributed by atoms with Crippen molar-refractivity contribution in [3.05, 3.63) is 54.2 Å². The summed E-state index contributed by atoms with van der Waals surface area (Å²) in [5, 5.41) is 6.45. The van der Waals surface area contributed by atoms with Gasteiger partial charge in [0.05, 0.1) is 28.4 Å². The summed E-state index contributed by atoms with van der Waals surface area (Å²) < 4.78 is 21.2. The minimum absolute atomic E-state index is 0.505. The SMILES string of the molecule is COc1ccc(CNc2nccc(Nc3ccc(OC)c(OC)c3)n2)cc1OC. The Morgan fingerprint density at radius 2 is 1.41 bits per heavy atom. The second-order valence-electron chi connectivity index (χ2n) is 6.00. The molecule has 152 valence electrons. The fourth-order valence-corrected chi connectivity index (χ4v) is 2.75. The minimum Gasteiger partial charge on any atom is -0.493 e. The average molecular weight is 396 g/mol. The fraction of sp³-hybridized carbons (Fsp3) is 0.238. The number of hydrogen-bond acceptors (Lipinski definition) is 8. The van der Waals surface area contributed by atoms with Crippen LogP contribution in [0.3, 0.4) is 0 Å². The van der Waals surface area contributed by atoms with E-state index in [-0.39, 0.29) is 0 Å². The van der Waals surface area contributed by atoms with Gasteiger partial charge in [0.15, 0.2) is 23.0 Å². The van der Waals surface area contributed by atoms with Gasteiger partial charge in [0.1, 0.15) is 5.82 Å². The van der Waals surface area contributed by atoms with Crippen LogP contribution < -0.4 is 29.6 Å². The second kappa shape index (κ2) is 9.50. The van der Waals surface area contributed by atoms with Crippen LogP contribution in [0, 0.1) is 0 Å². The third-order valence-corrected chi connectivity index (χ3v) is 4.21. The summed E-state index contributed by atoms with van der Waals surface area (Å²) in [5.74, 6) is 3.83. The number of hydrogen-bond donors (Lipinski definition) is 2. The van der Waals surface area contributed by atoms with Gasteiger partial charge in [-0.05, 0) is 35.9 Å². The first-order chi connectivity index (χ1) is 14.2. The largest absolute Gasteiger partial charge is 0.493 e. The molecular weight excluding hydrogens is 372 g/mol. The normalized spacial score (nSPS) is 10.2. The summed E-state index contributed by atoms with van der Waals surface area (Å²) in [4.78, 5) is 8.77. The van der Waals surface area contributed by atoms with E-state index in [0.717, 1.165) is 11.3 Å². The first kappa shape index (κ1) is 20.1. The van der Waals surface area contributed by atoms with Crippen LogP contribution in [0.1, 0.15) is 5.56 Å². The average Bonchev–Trinajstić information content (AvgIpc) is 2.77. The molecule has 1 heterocycles. The lowest BCUT2D eigenvalue weighted by molar-refractivity contribution is 0.354. The number of benzene rings is 2. The maximum atomic E-state index is 5.34. The Morgan fingerprint density at radius 3 is 2.10 bits per heavy atom. The van der Waals surface area contributed by atoms with E-state index < -0.39 is 0 Å². The summed E-state index contributed by atoms with van der Waals surface area (Å²) in [6.07, 6.45) is 1.69. The molecule has 2 N–H and O–H groups in total. The molecule has 0 amide bonds. The number of aromatic nitrogens is 2. The number of nitrogens with zero attached hydrogens (tertiary/aromatic N) is 2. The van der Waals surface area contributed by atoms with Crippen molar-refractivity contribution in [1.29, 1.82) is 0 Å². The molecule has 3 rings (SSSR count). The molecule has 0 unspecified atom stereocenters. The van der Waals surface area contributed by atoms with Crippen LogP contribution in [0.25, 0.3) is 0 Å². The van der Waals surface area contributed by atoms with E-state index in [4.69, 9.17) is 18.9 Å². The van der Waals surface area contributed by atoms with E-state index in [0.29, 0.717) is 41.3 Å². The number of anilines is 3. The van der Waals surface area contributed by atoms with Gasteiger partial charge in [-0.2, -0.15) is 4.98 Å². The van der Waals surface area contributed by atoms with E-state index in [9.17, 15) is 0 Å². The third-order valence-electron chi connectivity index (χ3n) is 4.21. The molecule has 0 saturated carbocycles. The fourth-order valence-electron chi connectivity index (χ4n) is 2.75. The Bertz CT molecular complexity index is 965. The van der Waals surface area contributed by atoms with Gasteiger partial charge >= 0.3 is 0 Å².